The molecule has 0 bridgehead atoms. The zero-order chi connectivity index (χ0) is 20.8. The van der Waals surface area contributed by atoms with E-state index >= 15 is 0 Å². The van der Waals surface area contributed by atoms with Crippen LogP contribution in [0.25, 0.3) is 10.3 Å². The van der Waals surface area contributed by atoms with Crippen LogP contribution in [0.4, 0.5) is 0 Å². The third-order valence-electron chi connectivity index (χ3n) is 6.23. The molecule has 0 saturated carbocycles. The van der Waals surface area contributed by atoms with Crippen molar-refractivity contribution in [3.63, 3.8) is 0 Å². The molecule has 1 aromatic carbocycles. The van der Waals surface area contributed by atoms with E-state index in [1.807, 2.05) is 19.1 Å². The first kappa shape index (κ1) is 19.3. The molecule has 0 spiro atoms. The van der Waals surface area contributed by atoms with Gasteiger partial charge < -0.3 is 0 Å². The van der Waals surface area contributed by atoms with Crippen molar-refractivity contribution in [2.45, 2.75) is 32.7 Å². The molecule has 1 saturated heterocycles. The molecule has 3 aromatic rings. The number of piperidine rings is 1. The Bertz CT molecular complexity index is 1110. The van der Waals surface area contributed by atoms with Crippen molar-refractivity contribution in [1.29, 1.82) is 0 Å². The average Bonchev–Trinajstić information content (AvgIpc) is 3.25. The normalized spacial score (nSPS) is 20.7. The Balaban J connectivity index is 1.30. The maximum absolute atomic E-state index is 12.7. The number of pyridine rings is 1. The van der Waals surface area contributed by atoms with Gasteiger partial charge in [0.05, 0.1) is 26.5 Å². The molecule has 6 nitrogen and oxygen atoms in total. The highest BCUT2D eigenvalue weighted by molar-refractivity contribution is 7.18. The largest absolute Gasteiger partial charge is 0.295 e. The molecule has 2 aliphatic heterocycles. The van der Waals surface area contributed by atoms with Gasteiger partial charge >= 0.3 is 0 Å². The Hall–Kier alpha value is -2.64. The van der Waals surface area contributed by atoms with Crippen LogP contribution in [-0.2, 0) is 0 Å². The standard InChI is InChI=1S/C23H24N4O2S/c1-14(19-9-10-20-21(25-19)24-15(2)30-20)26-11-5-6-16(12-26)13-27-22(28)17-7-3-4-8-18(17)23(27)29/h3-4,7-10,14,16H,5-6,11-13H2,1-2H3/t14?,16-/m0/s1. The number of aryl methyl sites for hydroxylation is 1. The van der Waals surface area contributed by atoms with Crippen molar-refractivity contribution in [3.05, 3.63) is 58.2 Å². The highest BCUT2D eigenvalue weighted by Gasteiger charge is 2.37. The van der Waals surface area contributed by atoms with Crippen molar-refractivity contribution < 1.29 is 9.59 Å². The Morgan fingerprint density at radius 2 is 1.83 bits per heavy atom. The fraction of sp³-hybridized carbons (Fsp3) is 0.391. The lowest BCUT2D eigenvalue weighted by Crippen LogP contribution is -2.43. The van der Waals surface area contributed by atoms with E-state index in [1.54, 1.807) is 23.5 Å². The van der Waals surface area contributed by atoms with Gasteiger partial charge in [0.1, 0.15) is 0 Å². The van der Waals surface area contributed by atoms with E-state index in [9.17, 15) is 9.59 Å². The van der Waals surface area contributed by atoms with Crippen LogP contribution in [0.15, 0.2) is 36.4 Å². The summed E-state index contributed by atoms with van der Waals surface area (Å²) < 4.78 is 1.12. The molecular formula is C23H24N4O2S. The molecule has 154 valence electrons. The van der Waals surface area contributed by atoms with E-state index in [2.05, 4.69) is 28.9 Å². The Kier molecular flexibility index (Phi) is 4.87. The molecule has 2 aliphatic rings. The van der Waals surface area contributed by atoms with E-state index in [1.165, 1.54) is 4.90 Å². The zero-order valence-corrected chi connectivity index (χ0v) is 18.0. The first-order chi connectivity index (χ1) is 14.5. The number of benzene rings is 1. The maximum atomic E-state index is 12.7. The third kappa shape index (κ3) is 3.32. The van der Waals surface area contributed by atoms with Gasteiger partial charge in [-0.15, -0.1) is 11.3 Å². The molecule has 2 atom stereocenters. The summed E-state index contributed by atoms with van der Waals surface area (Å²) in [5, 5.41) is 1.03. The second-order valence-electron chi connectivity index (χ2n) is 8.24. The third-order valence-corrected chi connectivity index (χ3v) is 7.15. The summed E-state index contributed by atoms with van der Waals surface area (Å²) in [6.07, 6.45) is 2.07. The molecule has 2 aromatic heterocycles. The number of thiazole rings is 1. The van der Waals surface area contributed by atoms with Crippen LogP contribution in [0.2, 0.25) is 0 Å². The first-order valence-corrected chi connectivity index (χ1v) is 11.3. The van der Waals surface area contributed by atoms with Gasteiger partial charge in [-0.05, 0) is 63.4 Å². The van der Waals surface area contributed by atoms with Crippen LogP contribution in [0, 0.1) is 12.8 Å². The highest BCUT2D eigenvalue weighted by Crippen LogP contribution is 2.30. The van der Waals surface area contributed by atoms with E-state index in [-0.39, 0.29) is 23.8 Å². The lowest BCUT2D eigenvalue weighted by atomic mass is 9.95. The minimum Gasteiger partial charge on any atom is -0.295 e. The van der Waals surface area contributed by atoms with Gasteiger partial charge in [0.25, 0.3) is 11.8 Å². The van der Waals surface area contributed by atoms with E-state index in [0.29, 0.717) is 17.7 Å². The Morgan fingerprint density at radius 3 is 2.57 bits per heavy atom. The van der Waals surface area contributed by atoms with E-state index < -0.39 is 0 Å². The van der Waals surface area contributed by atoms with Gasteiger partial charge in [0, 0.05) is 19.1 Å². The van der Waals surface area contributed by atoms with E-state index in [0.717, 1.165) is 47.0 Å². The molecule has 4 heterocycles. The lowest BCUT2D eigenvalue weighted by Gasteiger charge is -2.37. The second-order valence-corrected chi connectivity index (χ2v) is 9.47. The number of rotatable bonds is 4. The predicted molar refractivity (Wildman–Crippen MR) is 117 cm³/mol. The average molecular weight is 421 g/mol. The molecule has 1 fully saturated rings. The SMILES string of the molecule is Cc1nc2nc(C(C)N3CCC[C@H](CN4C(=O)c5ccccc5C4=O)C3)ccc2s1. The fourth-order valence-electron chi connectivity index (χ4n) is 4.62. The van der Waals surface area contributed by atoms with Gasteiger partial charge in [-0.25, -0.2) is 9.97 Å². The Morgan fingerprint density at radius 1 is 1.10 bits per heavy atom. The van der Waals surface area contributed by atoms with Gasteiger partial charge in [-0.1, -0.05) is 12.1 Å². The number of amides is 2. The molecule has 0 radical (unpaired) electrons. The second kappa shape index (κ2) is 7.56. The topological polar surface area (TPSA) is 66.4 Å². The van der Waals surface area contributed by atoms with Crippen molar-refractivity contribution >= 4 is 33.5 Å². The first-order valence-electron chi connectivity index (χ1n) is 10.4. The maximum Gasteiger partial charge on any atom is 0.261 e. The van der Waals surface area contributed by atoms with Crippen molar-refractivity contribution in [3.8, 4) is 0 Å². The smallest absolute Gasteiger partial charge is 0.261 e. The summed E-state index contributed by atoms with van der Waals surface area (Å²) in [7, 11) is 0. The van der Waals surface area contributed by atoms with Gasteiger partial charge in [-0.2, -0.15) is 0 Å². The summed E-state index contributed by atoms with van der Waals surface area (Å²) in [6, 6.07) is 11.5. The fourth-order valence-corrected chi connectivity index (χ4v) is 5.39. The van der Waals surface area contributed by atoms with Crippen LogP contribution in [0.5, 0.6) is 0 Å². The minimum absolute atomic E-state index is 0.160. The number of imide groups is 1. The molecule has 1 unspecified atom stereocenters. The van der Waals surface area contributed by atoms with Crippen molar-refractivity contribution in [1.82, 2.24) is 19.8 Å². The summed E-state index contributed by atoms with van der Waals surface area (Å²) in [6.45, 7) is 6.51. The molecule has 2 amide bonds. The number of carbonyl (C=O) groups excluding carboxylic acids is 2. The highest BCUT2D eigenvalue weighted by atomic mass is 32.1. The summed E-state index contributed by atoms with van der Waals surface area (Å²) in [5.41, 5.74) is 2.90. The minimum atomic E-state index is -0.160. The molecule has 7 heteroatoms. The number of carbonyl (C=O) groups is 2. The van der Waals surface area contributed by atoms with Crippen LogP contribution in [0.3, 0.4) is 0 Å². The molecule has 30 heavy (non-hydrogen) atoms. The number of hydrogen-bond donors (Lipinski definition) is 0. The van der Waals surface area contributed by atoms with Crippen molar-refractivity contribution in [2.75, 3.05) is 19.6 Å². The lowest BCUT2D eigenvalue weighted by molar-refractivity contribution is 0.0566. The number of aromatic nitrogens is 2. The number of likely N-dealkylation sites (tertiary alicyclic amines) is 1. The summed E-state index contributed by atoms with van der Waals surface area (Å²) >= 11 is 1.66. The van der Waals surface area contributed by atoms with Crippen molar-refractivity contribution in [2.24, 2.45) is 5.92 Å². The van der Waals surface area contributed by atoms with Crippen LogP contribution in [-0.4, -0.2) is 51.2 Å². The van der Waals surface area contributed by atoms with Crippen LogP contribution in [0.1, 0.15) is 57.2 Å². The monoisotopic (exact) mass is 420 g/mol. The number of hydrogen-bond acceptors (Lipinski definition) is 6. The van der Waals surface area contributed by atoms with Gasteiger partial charge in [0.15, 0.2) is 5.65 Å². The van der Waals surface area contributed by atoms with Crippen LogP contribution >= 0.6 is 11.3 Å². The molecular weight excluding hydrogens is 396 g/mol. The summed E-state index contributed by atoms with van der Waals surface area (Å²) in [4.78, 5) is 38.6. The molecule has 5 rings (SSSR count). The quantitative estimate of drug-likeness (QED) is 0.595. The number of fused-ring (bicyclic) bond motifs is 2. The van der Waals surface area contributed by atoms with Gasteiger partial charge in [-0.3, -0.25) is 19.4 Å². The predicted octanol–water partition coefficient (Wildman–Crippen LogP) is 4.07. The zero-order valence-electron chi connectivity index (χ0n) is 17.2. The van der Waals surface area contributed by atoms with Gasteiger partial charge in [0.2, 0.25) is 0 Å². The summed E-state index contributed by atoms with van der Waals surface area (Å²) in [5.74, 6) is -0.0488. The number of nitrogens with zero attached hydrogens (tertiary/aromatic N) is 4. The molecule has 0 N–H and O–H groups in total. The Labute approximate surface area is 179 Å². The van der Waals surface area contributed by atoms with Crippen LogP contribution < -0.4 is 0 Å². The van der Waals surface area contributed by atoms with E-state index in [4.69, 9.17) is 4.98 Å². The molecule has 0 aliphatic carbocycles.